The second-order valence-corrected chi connectivity index (χ2v) is 5.57. The Kier molecular flexibility index (Phi) is 3.64. The summed E-state index contributed by atoms with van der Waals surface area (Å²) in [5.74, 6) is 0.202. The smallest absolute Gasteiger partial charge is 0.366 e. The Balaban J connectivity index is 1.72. The monoisotopic (exact) mass is 301 g/mol. The van der Waals surface area contributed by atoms with Crippen molar-refractivity contribution in [1.82, 2.24) is 14.9 Å². The molecule has 3 rings (SSSR count). The molecular formula is C13H18F3N5. The molecule has 1 aromatic rings. The zero-order valence-corrected chi connectivity index (χ0v) is 11.7. The molecule has 0 radical (unpaired) electrons. The van der Waals surface area contributed by atoms with Crippen LogP contribution in [0.2, 0.25) is 0 Å². The third-order valence-electron chi connectivity index (χ3n) is 3.88. The van der Waals surface area contributed by atoms with Crippen molar-refractivity contribution in [2.75, 3.05) is 30.8 Å². The molecule has 0 bridgehead atoms. The van der Waals surface area contributed by atoms with E-state index in [1.807, 2.05) is 0 Å². The van der Waals surface area contributed by atoms with Crippen LogP contribution < -0.4 is 10.6 Å². The van der Waals surface area contributed by atoms with Crippen molar-refractivity contribution in [1.29, 1.82) is 0 Å². The summed E-state index contributed by atoms with van der Waals surface area (Å²) in [5, 5.41) is 5.68. The average Bonchev–Trinajstić information content (AvgIpc) is 3.18. The van der Waals surface area contributed by atoms with Crippen molar-refractivity contribution in [2.45, 2.75) is 37.5 Å². The SMILES string of the molecule is CNc1nc(NC2CCN(C3CC3)C2)cc(C(F)(F)F)n1. The summed E-state index contributed by atoms with van der Waals surface area (Å²) < 4.78 is 38.5. The second-order valence-electron chi connectivity index (χ2n) is 5.57. The fraction of sp³-hybridized carbons (Fsp3) is 0.692. The molecule has 2 fully saturated rings. The minimum absolute atomic E-state index is 0.0237. The number of hydrogen-bond donors (Lipinski definition) is 2. The number of likely N-dealkylation sites (tertiary alicyclic amines) is 1. The van der Waals surface area contributed by atoms with Gasteiger partial charge in [0.25, 0.3) is 0 Å². The van der Waals surface area contributed by atoms with Gasteiger partial charge in [-0.05, 0) is 19.3 Å². The van der Waals surface area contributed by atoms with Gasteiger partial charge in [-0.2, -0.15) is 18.2 Å². The Morgan fingerprint density at radius 3 is 2.62 bits per heavy atom. The molecule has 0 aromatic carbocycles. The Morgan fingerprint density at radius 1 is 1.24 bits per heavy atom. The van der Waals surface area contributed by atoms with E-state index in [0.29, 0.717) is 6.04 Å². The molecule has 1 atom stereocenters. The lowest BCUT2D eigenvalue weighted by Crippen LogP contribution is -2.28. The lowest BCUT2D eigenvalue weighted by Gasteiger charge is -2.17. The molecule has 0 amide bonds. The summed E-state index contributed by atoms with van der Waals surface area (Å²) in [6, 6.07) is 1.80. The summed E-state index contributed by atoms with van der Waals surface area (Å²) in [7, 11) is 1.50. The summed E-state index contributed by atoms with van der Waals surface area (Å²) in [4.78, 5) is 9.91. The van der Waals surface area contributed by atoms with Crippen LogP contribution in [0.4, 0.5) is 24.9 Å². The molecule has 0 spiro atoms. The second kappa shape index (κ2) is 5.32. The molecule has 1 saturated heterocycles. The highest BCUT2D eigenvalue weighted by Crippen LogP contribution is 2.32. The van der Waals surface area contributed by atoms with Crippen LogP contribution >= 0.6 is 0 Å². The highest BCUT2D eigenvalue weighted by molar-refractivity contribution is 5.43. The van der Waals surface area contributed by atoms with E-state index in [4.69, 9.17) is 0 Å². The Morgan fingerprint density at radius 2 is 2.00 bits per heavy atom. The summed E-state index contributed by atoms with van der Waals surface area (Å²) in [6.45, 7) is 1.86. The zero-order chi connectivity index (χ0) is 15.0. The molecule has 21 heavy (non-hydrogen) atoms. The molecule has 116 valence electrons. The number of hydrogen-bond acceptors (Lipinski definition) is 5. The van der Waals surface area contributed by atoms with Gasteiger partial charge in [-0.3, -0.25) is 4.90 Å². The molecule has 1 aliphatic carbocycles. The van der Waals surface area contributed by atoms with Crippen LogP contribution in [0.1, 0.15) is 25.0 Å². The van der Waals surface area contributed by atoms with Crippen LogP contribution in [0.15, 0.2) is 6.07 Å². The number of rotatable bonds is 4. The third-order valence-corrected chi connectivity index (χ3v) is 3.88. The van der Waals surface area contributed by atoms with E-state index in [0.717, 1.165) is 25.6 Å². The molecule has 8 heteroatoms. The van der Waals surface area contributed by atoms with E-state index in [1.165, 1.54) is 19.9 Å². The first-order valence-electron chi connectivity index (χ1n) is 7.10. The van der Waals surface area contributed by atoms with Crippen LogP contribution in [0.5, 0.6) is 0 Å². The lowest BCUT2D eigenvalue weighted by atomic mass is 10.2. The van der Waals surface area contributed by atoms with E-state index in [2.05, 4.69) is 25.5 Å². The average molecular weight is 301 g/mol. The first kappa shape index (κ1) is 14.4. The van der Waals surface area contributed by atoms with Crippen LogP contribution in [-0.2, 0) is 6.18 Å². The number of aromatic nitrogens is 2. The van der Waals surface area contributed by atoms with Crippen molar-refractivity contribution in [3.05, 3.63) is 11.8 Å². The van der Waals surface area contributed by atoms with Crippen molar-refractivity contribution in [3.8, 4) is 0 Å². The summed E-state index contributed by atoms with van der Waals surface area (Å²) >= 11 is 0. The minimum atomic E-state index is -4.47. The Hall–Kier alpha value is -1.57. The fourth-order valence-corrected chi connectivity index (χ4v) is 2.66. The molecule has 5 nitrogen and oxygen atoms in total. The first-order valence-corrected chi connectivity index (χ1v) is 7.10. The van der Waals surface area contributed by atoms with Gasteiger partial charge in [0, 0.05) is 38.3 Å². The number of nitrogens with one attached hydrogen (secondary N) is 2. The minimum Gasteiger partial charge on any atom is -0.366 e. The predicted octanol–water partition coefficient (Wildman–Crippen LogP) is 2.19. The molecule has 1 saturated carbocycles. The van der Waals surface area contributed by atoms with Crippen molar-refractivity contribution in [3.63, 3.8) is 0 Å². The van der Waals surface area contributed by atoms with E-state index in [-0.39, 0.29) is 17.8 Å². The molecular weight excluding hydrogens is 283 g/mol. The van der Waals surface area contributed by atoms with Crippen LogP contribution in [0.25, 0.3) is 0 Å². The van der Waals surface area contributed by atoms with Gasteiger partial charge < -0.3 is 10.6 Å². The molecule has 1 aliphatic heterocycles. The number of anilines is 2. The standard InChI is InChI=1S/C13H18F3N5/c1-17-12-19-10(13(14,15)16)6-11(20-12)18-8-4-5-21(7-8)9-2-3-9/h6,8-9H,2-5,7H2,1H3,(H2,17,18,19,20). The topological polar surface area (TPSA) is 53.1 Å². The highest BCUT2D eigenvalue weighted by atomic mass is 19.4. The molecule has 2 aliphatic rings. The van der Waals surface area contributed by atoms with Crippen molar-refractivity contribution < 1.29 is 13.2 Å². The number of halogens is 3. The van der Waals surface area contributed by atoms with Gasteiger partial charge in [-0.1, -0.05) is 0 Å². The van der Waals surface area contributed by atoms with Gasteiger partial charge in [0.2, 0.25) is 5.95 Å². The van der Waals surface area contributed by atoms with Crippen LogP contribution in [0, 0.1) is 0 Å². The van der Waals surface area contributed by atoms with E-state index in [9.17, 15) is 13.2 Å². The van der Waals surface area contributed by atoms with E-state index < -0.39 is 11.9 Å². The van der Waals surface area contributed by atoms with Gasteiger partial charge in [0.05, 0.1) is 0 Å². The maximum absolute atomic E-state index is 12.8. The Bertz CT molecular complexity index is 515. The van der Waals surface area contributed by atoms with Gasteiger partial charge in [0.1, 0.15) is 5.82 Å². The maximum atomic E-state index is 12.8. The molecule has 1 unspecified atom stereocenters. The van der Waals surface area contributed by atoms with Crippen molar-refractivity contribution in [2.24, 2.45) is 0 Å². The highest BCUT2D eigenvalue weighted by Gasteiger charge is 2.36. The zero-order valence-electron chi connectivity index (χ0n) is 11.7. The van der Waals surface area contributed by atoms with E-state index >= 15 is 0 Å². The Labute approximate surface area is 120 Å². The number of nitrogens with zero attached hydrogens (tertiary/aromatic N) is 3. The number of alkyl halides is 3. The third kappa shape index (κ3) is 3.37. The fourth-order valence-electron chi connectivity index (χ4n) is 2.66. The van der Waals surface area contributed by atoms with E-state index in [1.54, 1.807) is 0 Å². The van der Waals surface area contributed by atoms with Gasteiger partial charge >= 0.3 is 6.18 Å². The van der Waals surface area contributed by atoms with Gasteiger partial charge in [-0.25, -0.2) is 4.98 Å². The summed E-state index contributed by atoms with van der Waals surface area (Å²) in [5.41, 5.74) is -0.929. The van der Waals surface area contributed by atoms with Gasteiger partial charge in [-0.15, -0.1) is 0 Å². The van der Waals surface area contributed by atoms with Gasteiger partial charge in [0.15, 0.2) is 5.69 Å². The summed E-state index contributed by atoms with van der Waals surface area (Å²) in [6.07, 6.45) is -1.07. The first-order chi connectivity index (χ1) is 9.95. The molecule has 2 N–H and O–H groups in total. The van der Waals surface area contributed by atoms with Crippen molar-refractivity contribution >= 4 is 11.8 Å². The normalized spacial score (nSPS) is 23.3. The van der Waals surface area contributed by atoms with Crippen LogP contribution in [-0.4, -0.2) is 47.1 Å². The molecule has 1 aromatic heterocycles. The molecule has 2 heterocycles. The largest absolute Gasteiger partial charge is 0.433 e. The maximum Gasteiger partial charge on any atom is 0.433 e. The quantitative estimate of drug-likeness (QED) is 0.893. The lowest BCUT2D eigenvalue weighted by molar-refractivity contribution is -0.141. The van der Waals surface area contributed by atoms with Crippen LogP contribution in [0.3, 0.4) is 0 Å². The predicted molar refractivity (Wildman–Crippen MR) is 73.2 cm³/mol.